The van der Waals surface area contributed by atoms with E-state index in [9.17, 15) is 13.5 Å². The minimum absolute atomic E-state index is 0.0666. The zero-order chi connectivity index (χ0) is 27.4. The van der Waals surface area contributed by atoms with E-state index in [0.717, 1.165) is 22.3 Å². The van der Waals surface area contributed by atoms with Gasteiger partial charge in [-0.15, -0.1) is 0 Å². The van der Waals surface area contributed by atoms with Crippen LogP contribution in [0.5, 0.6) is 5.75 Å². The van der Waals surface area contributed by atoms with Crippen molar-refractivity contribution in [1.82, 2.24) is 4.98 Å². The predicted molar refractivity (Wildman–Crippen MR) is 157 cm³/mol. The molecule has 5 aromatic carbocycles. The number of rotatable bonds is 4. The largest absolute Gasteiger partial charge is 0.508 e. The SMILES string of the molecule is Cc1ccc(S(=O)(=O)O)cc1.Oc1ccc(-c2[nH]c3cccc(-c4ccccc4)c3c2-c2ccccc2)cc1. The van der Waals surface area contributed by atoms with Gasteiger partial charge in [0.1, 0.15) is 5.75 Å². The van der Waals surface area contributed by atoms with Gasteiger partial charge in [0.15, 0.2) is 0 Å². The van der Waals surface area contributed by atoms with E-state index in [2.05, 4.69) is 71.7 Å². The fourth-order valence-corrected chi connectivity index (χ4v) is 5.03. The number of nitrogens with one attached hydrogen (secondary N) is 1. The summed E-state index contributed by atoms with van der Waals surface area (Å²) >= 11 is 0. The maximum Gasteiger partial charge on any atom is 0.294 e. The zero-order valence-corrected chi connectivity index (χ0v) is 22.1. The van der Waals surface area contributed by atoms with Crippen LogP contribution < -0.4 is 0 Å². The molecule has 0 spiro atoms. The first kappa shape index (κ1) is 26.0. The molecule has 194 valence electrons. The number of aryl methyl sites for hydroxylation is 1. The molecule has 39 heavy (non-hydrogen) atoms. The Bertz CT molecular complexity index is 1810. The minimum atomic E-state index is -4.02. The van der Waals surface area contributed by atoms with E-state index >= 15 is 0 Å². The molecule has 0 amide bonds. The lowest BCUT2D eigenvalue weighted by atomic mass is 9.93. The number of benzene rings is 5. The molecule has 0 bridgehead atoms. The fraction of sp³-hybridized carbons (Fsp3) is 0.0303. The first-order chi connectivity index (χ1) is 18.8. The van der Waals surface area contributed by atoms with Crippen molar-refractivity contribution in [3.63, 3.8) is 0 Å². The highest BCUT2D eigenvalue weighted by molar-refractivity contribution is 7.85. The summed E-state index contributed by atoms with van der Waals surface area (Å²) in [4.78, 5) is 3.56. The molecule has 0 aliphatic carbocycles. The van der Waals surface area contributed by atoms with Gasteiger partial charge in [-0.1, -0.05) is 90.5 Å². The van der Waals surface area contributed by atoms with Crippen molar-refractivity contribution < 1.29 is 18.1 Å². The van der Waals surface area contributed by atoms with E-state index in [1.807, 2.05) is 31.2 Å². The monoisotopic (exact) mass is 533 g/mol. The smallest absolute Gasteiger partial charge is 0.294 e. The van der Waals surface area contributed by atoms with Crippen LogP contribution in [0, 0.1) is 6.92 Å². The summed E-state index contributed by atoms with van der Waals surface area (Å²) in [6.07, 6.45) is 0. The molecule has 6 rings (SSSR count). The average Bonchev–Trinajstić information content (AvgIpc) is 3.34. The minimum Gasteiger partial charge on any atom is -0.508 e. The molecule has 0 unspecified atom stereocenters. The maximum absolute atomic E-state index is 10.5. The summed E-state index contributed by atoms with van der Waals surface area (Å²) in [6, 6.07) is 40.7. The second kappa shape index (κ2) is 11.0. The van der Waals surface area contributed by atoms with Crippen molar-refractivity contribution in [3.8, 4) is 39.3 Å². The highest BCUT2D eigenvalue weighted by Gasteiger charge is 2.18. The highest BCUT2D eigenvalue weighted by Crippen LogP contribution is 2.42. The summed E-state index contributed by atoms with van der Waals surface area (Å²) in [7, 11) is -4.02. The third-order valence-electron chi connectivity index (χ3n) is 6.45. The Morgan fingerprint density at radius 2 is 1.21 bits per heavy atom. The number of aromatic nitrogens is 1. The van der Waals surface area contributed by atoms with Gasteiger partial charge >= 0.3 is 0 Å². The number of hydrogen-bond donors (Lipinski definition) is 3. The lowest BCUT2D eigenvalue weighted by Crippen LogP contribution is -1.96. The fourth-order valence-electron chi connectivity index (χ4n) is 4.55. The van der Waals surface area contributed by atoms with Crippen LogP contribution in [-0.2, 0) is 10.1 Å². The molecule has 0 aliphatic rings. The van der Waals surface area contributed by atoms with Crippen LogP contribution in [0.25, 0.3) is 44.4 Å². The molecule has 0 fully saturated rings. The first-order valence-corrected chi connectivity index (χ1v) is 13.8. The van der Waals surface area contributed by atoms with E-state index in [1.165, 1.54) is 39.8 Å². The summed E-state index contributed by atoms with van der Waals surface area (Å²) in [5, 5.41) is 10.9. The van der Waals surface area contributed by atoms with Crippen molar-refractivity contribution in [2.75, 3.05) is 0 Å². The quantitative estimate of drug-likeness (QED) is 0.200. The van der Waals surface area contributed by atoms with Crippen molar-refractivity contribution >= 4 is 21.0 Å². The number of fused-ring (bicyclic) bond motifs is 1. The molecule has 5 nitrogen and oxygen atoms in total. The number of hydrogen-bond acceptors (Lipinski definition) is 3. The molecular formula is C33H27NO4S. The Morgan fingerprint density at radius 1 is 0.615 bits per heavy atom. The molecule has 0 aliphatic heterocycles. The van der Waals surface area contributed by atoms with E-state index in [1.54, 1.807) is 24.3 Å². The van der Waals surface area contributed by atoms with Gasteiger partial charge < -0.3 is 10.1 Å². The molecule has 3 N–H and O–H groups in total. The van der Waals surface area contributed by atoms with Gasteiger partial charge in [0.2, 0.25) is 0 Å². The standard InChI is InChI=1S/C26H19NO.C7H8O3S/c28-21-16-14-20(15-17-21)26-24(19-10-5-2-6-11-19)25-22(12-7-13-23(25)27-26)18-8-3-1-4-9-18;1-6-2-4-7(5-3-6)11(8,9)10/h1-17,27-28H;2-5H,1H3,(H,8,9,10). The lowest BCUT2D eigenvalue weighted by molar-refractivity contribution is 0.475. The summed E-state index contributed by atoms with van der Waals surface area (Å²) in [5.41, 5.74) is 8.91. The third kappa shape index (κ3) is 5.77. The topological polar surface area (TPSA) is 90.4 Å². The molecule has 6 heteroatoms. The Labute approximate surface area is 227 Å². The van der Waals surface area contributed by atoms with Crippen LogP contribution in [-0.4, -0.2) is 23.1 Å². The first-order valence-electron chi connectivity index (χ1n) is 12.4. The Hall–Kier alpha value is -4.65. The summed E-state index contributed by atoms with van der Waals surface area (Å²) in [5.74, 6) is 0.270. The van der Waals surface area contributed by atoms with E-state index in [-0.39, 0.29) is 10.6 Å². The number of phenols is 1. The van der Waals surface area contributed by atoms with Gasteiger partial charge in [-0.25, -0.2) is 0 Å². The Morgan fingerprint density at radius 3 is 1.79 bits per heavy atom. The lowest BCUT2D eigenvalue weighted by Gasteiger charge is -2.09. The molecule has 0 saturated heterocycles. The summed E-state index contributed by atoms with van der Waals surface area (Å²) < 4.78 is 29.6. The summed E-state index contributed by atoms with van der Waals surface area (Å²) in [6.45, 7) is 1.84. The molecule has 0 saturated carbocycles. The van der Waals surface area contributed by atoms with Gasteiger partial charge in [0.25, 0.3) is 10.1 Å². The molecule has 0 atom stereocenters. The predicted octanol–water partition coefficient (Wildman–Crippen LogP) is 8.12. The van der Waals surface area contributed by atoms with Crippen molar-refractivity contribution in [3.05, 3.63) is 133 Å². The van der Waals surface area contributed by atoms with Crippen LogP contribution in [0.1, 0.15) is 5.56 Å². The third-order valence-corrected chi connectivity index (χ3v) is 7.31. The van der Waals surface area contributed by atoms with Crippen molar-refractivity contribution in [2.24, 2.45) is 0 Å². The Balaban J connectivity index is 0.000000237. The number of phenolic OH excluding ortho intramolecular Hbond substituents is 1. The molecule has 0 radical (unpaired) electrons. The highest BCUT2D eigenvalue weighted by atomic mass is 32.2. The normalized spacial score (nSPS) is 11.1. The van der Waals surface area contributed by atoms with Gasteiger partial charge in [0, 0.05) is 16.5 Å². The number of aromatic hydroxyl groups is 1. The van der Waals surface area contributed by atoms with Crippen LogP contribution in [0.15, 0.2) is 132 Å². The van der Waals surface area contributed by atoms with Crippen LogP contribution in [0.3, 0.4) is 0 Å². The van der Waals surface area contributed by atoms with Gasteiger partial charge in [-0.3, -0.25) is 4.55 Å². The molecule has 1 heterocycles. The van der Waals surface area contributed by atoms with Crippen LogP contribution >= 0.6 is 0 Å². The van der Waals surface area contributed by atoms with E-state index < -0.39 is 10.1 Å². The second-order valence-corrected chi connectivity index (χ2v) is 10.6. The van der Waals surface area contributed by atoms with Crippen LogP contribution in [0.4, 0.5) is 0 Å². The molecule has 6 aromatic rings. The molecular weight excluding hydrogens is 506 g/mol. The Kier molecular flexibility index (Phi) is 7.32. The van der Waals surface area contributed by atoms with E-state index in [0.29, 0.717) is 0 Å². The number of aromatic amines is 1. The maximum atomic E-state index is 10.5. The van der Waals surface area contributed by atoms with Gasteiger partial charge in [-0.05, 0) is 71.6 Å². The zero-order valence-electron chi connectivity index (χ0n) is 21.2. The molecule has 1 aromatic heterocycles. The van der Waals surface area contributed by atoms with Gasteiger partial charge in [-0.2, -0.15) is 8.42 Å². The van der Waals surface area contributed by atoms with Crippen LogP contribution in [0.2, 0.25) is 0 Å². The number of H-pyrrole nitrogens is 1. The van der Waals surface area contributed by atoms with Crippen molar-refractivity contribution in [1.29, 1.82) is 0 Å². The van der Waals surface area contributed by atoms with Gasteiger partial charge in [0.05, 0.1) is 10.6 Å². The van der Waals surface area contributed by atoms with E-state index in [4.69, 9.17) is 4.55 Å². The second-order valence-electron chi connectivity index (χ2n) is 9.17. The van der Waals surface area contributed by atoms with Crippen molar-refractivity contribution in [2.45, 2.75) is 11.8 Å². The average molecular weight is 534 g/mol.